The molecule has 0 spiro atoms. The molecule has 1 aromatic rings. The summed E-state index contributed by atoms with van der Waals surface area (Å²) in [7, 11) is 3.47. The smallest absolute Gasteiger partial charge is 0.296 e. The van der Waals surface area contributed by atoms with Gasteiger partial charge in [-0.3, -0.25) is 4.79 Å². The first-order valence-electron chi connectivity index (χ1n) is 4.50. The summed E-state index contributed by atoms with van der Waals surface area (Å²) < 4.78 is 1.57. The predicted octanol–water partition coefficient (Wildman–Crippen LogP) is 0.514. The average molecular weight is 196 g/mol. The summed E-state index contributed by atoms with van der Waals surface area (Å²) in [6.45, 7) is 5.83. The van der Waals surface area contributed by atoms with Crippen LogP contribution in [0.5, 0.6) is 0 Å². The van der Waals surface area contributed by atoms with Crippen molar-refractivity contribution in [2.75, 3.05) is 12.4 Å². The van der Waals surface area contributed by atoms with E-state index in [2.05, 4.69) is 15.4 Å². The zero-order chi connectivity index (χ0) is 10.9. The highest BCUT2D eigenvalue weighted by atomic mass is 16.1. The molecule has 1 aromatic heterocycles. The second-order valence-electron chi connectivity index (χ2n) is 4.21. The molecule has 0 aliphatic carbocycles. The van der Waals surface area contributed by atoms with Crippen LogP contribution < -0.4 is 10.9 Å². The first-order chi connectivity index (χ1) is 6.36. The van der Waals surface area contributed by atoms with Gasteiger partial charge in [-0.1, -0.05) is 20.8 Å². The van der Waals surface area contributed by atoms with E-state index >= 15 is 0 Å². The lowest BCUT2D eigenvalue weighted by Gasteiger charge is -2.17. The van der Waals surface area contributed by atoms with Gasteiger partial charge in [-0.2, -0.15) is 10.1 Å². The number of hydrogen-bond acceptors (Lipinski definition) is 4. The fraction of sp³-hybridized carbons (Fsp3) is 0.667. The van der Waals surface area contributed by atoms with E-state index < -0.39 is 0 Å². The second-order valence-corrected chi connectivity index (χ2v) is 4.21. The monoisotopic (exact) mass is 196 g/mol. The summed E-state index contributed by atoms with van der Waals surface area (Å²) in [6.07, 6.45) is 0. The van der Waals surface area contributed by atoms with Crippen LogP contribution >= 0.6 is 0 Å². The van der Waals surface area contributed by atoms with Crippen molar-refractivity contribution in [2.45, 2.75) is 26.2 Å². The van der Waals surface area contributed by atoms with Crippen LogP contribution in [0, 0.1) is 0 Å². The molecule has 0 saturated heterocycles. The molecule has 1 heterocycles. The van der Waals surface area contributed by atoms with Crippen LogP contribution in [0.15, 0.2) is 4.79 Å². The minimum Gasteiger partial charge on any atom is -0.357 e. The third kappa shape index (κ3) is 1.92. The Kier molecular flexibility index (Phi) is 2.59. The summed E-state index contributed by atoms with van der Waals surface area (Å²) in [5, 5.41) is 7.00. The van der Waals surface area contributed by atoms with E-state index in [0.717, 1.165) is 0 Å². The van der Waals surface area contributed by atoms with E-state index in [1.807, 2.05) is 20.8 Å². The molecule has 0 bridgehead atoms. The fourth-order valence-electron chi connectivity index (χ4n) is 1.15. The number of anilines is 1. The van der Waals surface area contributed by atoms with E-state index in [1.165, 1.54) is 0 Å². The van der Waals surface area contributed by atoms with E-state index in [4.69, 9.17) is 0 Å². The van der Waals surface area contributed by atoms with Gasteiger partial charge in [-0.25, -0.2) is 4.68 Å². The molecule has 5 heteroatoms. The van der Waals surface area contributed by atoms with Gasteiger partial charge in [0.05, 0.1) is 0 Å². The molecule has 0 fully saturated rings. The maximum absolute atomic E-state index is 11.6. The third-order valence-corrected chi connectivity index (χ3v) is 1.90. The zero-order valence-corrected chi connectivity index (χ0v) is 9.25. The summed E-state index contributed by atoms with van der Waals surface area (Å²) >= 11 is 0. The minimum atomic E-state index is -0.270. The van der Waals surface area contributed by atoms with Crippen LogP contribution in [0.25, 0.3) is 0 Å². The number of rotatable bonds is 1. The number of aromatic nitrogens is 3. The largest absolute Gasteiger partial charge is 0.357 e. The summed E-state index contributed by atoms with van der Waals surface area (Å²) in [5.41, 5.74) is -0.0485. The van der Waals surface area contributed by atoms with Crippen molar-refractivity contribution < 1.29 is 0 Å². The standard InChI is InChI=1S/C9H16N4O/c1-9(2,3)6-7(14)11-8(10-4)13(5)12-6/h1-5H3,(H,10,11,14). The molecule has 1 rings (SSSR count). The van der Waals surface area contributed by atoms with Gasteiger partial charge in [-0.15, -0.1) is 0 Å². The van der Waals surface area contributed by atoms with Crippen molar-refractivity contribution in [3.63, 3.8) is 0 Å². The first-order valence-corrected chi connectivity index (χ1v) is 4.50. The minimum absolute atomic E-state index is 0.264. The molecule has 0 aromatic carbocycles. The highest BCUT2D eigenvalue weighted by Crippen LogP contribution is 2.15. The molecule has 0 atom stereocenters. The Labute approximate surface area is 83.2 Å². The van der Waals surface area contributed by atoms with Gasteiger partial charge in [0, 0.05) is 19.5 Å². The van der Waals surface area contributed by atoms with Gasteiger partial charge < -0.3 is 5.32 Å². The fourth-order valence-corrected chi connectivity index (χ4v) is 1.15. The quantitative estimate of drug-likeness (QED) is 0.711. The molecule has 14 heavy (non-hydrogen) atoms. The Bertz CT molecular complexity index is 389. The van der Waals surface area contributed by atoms with Gasteiger partial charge in [0.15, 0.2) is 0 Å². The lowest BCUT2D eigenvalue weighted by atomic mass is 9.93. The normalized spacial score (nSPS) is 11.5. The van der Waals surface area contributed by atoms with Gasteiger partial charge in [-0.05, 0) is 0 Å². The van der Waals surface area contributed by atoms with Gasteiger partial charge in [0.1, 0.15) is 5.69 Å². The van der Waals surface area contributed by atoms with Crippen molar-refractivity contribution in [1.82, 2.24) is 14.8 Å². The highest BCUT2D eigenvalue weighted by molar-refractivity contribution is 5.23. The number of aryl methyl sites for hydroxylation is 1. The average Bonchev–Trinajstić information content (AvgIpc) is 2.06. The highest BCUT2D eigenvalue weighted by Gasteiger charge is 2.21. The van der Waals surface area contributed by atoms with E-state index in [0.29, 0.717) is 11.6 Å². The van der Waals surface area contributed by atoms with Crippen LogP contribution in [0.4, 0.5) is 5.95 Å². The Balaban J connectivity index is 3.37. The number of nitrogens with zero attached hydrogens (tertiary/aromatic N) is 3. The molecule has 0 aliphatic heterocycles. The topological polar surface area (TPSA) is 59.8 Å². The maximum atomic E-state index is 11.6. The molecular formula is C9H16N4O. The van der Waals surface area contributed by atoms with Gasteiger partial charge in [0.25, 0.3) is 5.56 Å². The van der Waals surface area contributed by atoms with E-state index in [-0.39, 0.29) is 11.0 Å². The van der Waals surface area contributed by atoms with Crippen molar-refractivity contribution >= 4 is 5.95 Å². The Morgan fingerprint density at radius 2 is 1.93 bits per heavy atom. The van der Waals surface area contributed by atoms with Crippen molar-refractivity contribution in [3.8, 4) is 0 Å². The Morgan fingerprint density at radius 3 is 2.36 bits per heavy atom. The predicted molar refractivity (Wildman–Crippen MR) is 55.5 cm³/mol. The molecule has 0 radical (unpaired) electrons. The molecule has 5 nitrogen and oxygen atoms in total. The van der Waals surface area contributed by atoms with Crippen LogP contribution in [0.2, 0.25) is 0 Å². The summed E-state index contributed by atoms with van der Waals surface area (Å²) in [5.74, 6) is 0.475. The van der Waals surface area contributed by atoms with Crippen LogP contribution in [-0.4, -0.2) is 21.8 Å². The number of hydrogen-bond donors (Lipinski definition) is 1. The third-order valence-electron chi connectivity index (χ3n) is 1.90. The molecule has 0 unspecified atom stereocenters. The van der Waals surface area contributed by atoms with E-state index in [1.54, 1.807) is 18.8 Å². The SMILES string of the molecule is CNc1nc(=O)c(C(C)(C)C)nn1C. The molecule has 0 aliphatic rings. The first kappa shape index (κ1) is 10.7. The van der Waals surface area contributed by atoms with Crippen molar-refractivity contribution in [2.24, 2.45) is 7.05 Å². The Hall–Kier alpha value is -1.39. The second kappa shape index (κ2) is 3.40. The molecule has 78 valence electrons. The van der Waals surface area contributed by atoms with Crippen molar-refractivity contribution in [3.05, 3.63) is 16.0 Å². The van der Waals surface area contributed by atoms with Crippen LogP contribution in [-0.2, 0) is 12.5 Å². The molecule has 0 amide bonds. The molecular weight excluding hydrogens is 180 g/mol. The van der Waals surface area contributed by atoms with Gasteiger partial charge in [0.2, 0.25) is 5.95 Å². The number of nitrogens with one attached hydrogen (secondary N) is 1. The summed E-state index contributed by atoms with van der Waals surface area (Å²) in [4.78, 5) is 15.5. The van der Waals surface area contributed by atoms with Crippen LogP contribution in [0.3, 0.4) is 0 Å². The summed E-state index contributed by atoms with van der Waals surface area (Å²) in [6, 6.07) is 0. The Morgan fingerprint density at radius 1 is 1.36 bits per heavy atom. The van der Waals surface area contributed by atoms with Crippen molar-refractivity contribution in [1.29, 1.82) is 0 Å². The zero-order valence-electron chi connectivity index (χ0n) is 9.25. The molecule has 0 saturated carbocycles. The van der Waals surface area contributed by atoms with Crippen LogP contribution in [0.1, 0.15) is 26.5 Å². The van der Waals surface area contributed by atoms with Gasteiger partial charge >= 0.3 is 0 Å². The lowest BCUT2D eigenvalue weighted by molar-refractivity contribution is 0.523. The van der Waals surface area contributed by atoms with E-state index in [9.17, 15) is 4.79 Å². The molecule has 1 N–H and O–H groups in total. The lowest BCUT2D eigenvalue weighted by Crippen LogP contribution is -2.30. The maximum Gasteiger partial charge on any atom is 0.296 e.